The Hall–Kier alpha value is -2.98. The summed E-state index contributed by atoms with van der Waals surface area (Å²) in [6.07, 6.45) is 0.817. The van der Waals surface area contributed by atoms with Crippen molar-refractivity contribution in [3.63, 3.8) is 0 Å². The number of aromatic nitrogens is 2. The average Bonchev–Trinajstić information content (AvgIpc) is 2.82. The number of carbonyl (C=O) groups excluding carboxylic acids is 2. The number of carboxylic acids is 1. The van der Waals surface area contributed by atoms with E-state index in [1.54, 1.807) is 0 Å². The standard InChI is InChI=1S/C9H11N5O6/c1-4(7(15)11-9(18)10-2)13-3-5(14(19)20)6(12-13)8(16)17/h3-4H,1-2H3,(H,16,17)(H2,10,11,15,18). The van der Waals surface area contributed by atoms with E-state index in [0.717, 1.165) is 10.9 Å². The largest absolute Gasteiger partial charge is 0.476 e. The highest BCUT2D eigenvalue weighted by atomic mass is 16.6. The summed E-state index contributed by atoms with van der Waals surface area (Å²) < 4.78 is 0.805. The summed E-state index contributed by atoms with van der Waals surface area (Å²) in [4.78, 5) is 43.2. The zero-order chi connectivity index (χ0) is 15.4. The quantitative estimate of drug-likeness (QED) is 0.497. The molecule has 20 heavy (non-hydrogen) atoms. The normalized spacial score (nSPS) is 11.5. The minimum absolute atomic E-state index is 0.739. The van der Waals surface area contributed by atoms with Gasteiger partial charge >= 0.3 is 17.7 Å². The van der Waals surface area contributed by atoms with Gasteiger partial charge in [-0.25, -0.2) is 9.59 Å². The number of carboxylic acid groups (broad SMARTS) is 1. The molecular formula is C9H11N5O6. The molecule has 0 fully saturated rings. The lowest BCUT2D eigenvalue weighted by molar-refractivity contribution is -0.385. The maximum Gasteiger partial charge on any atom is 0.363 e. The number of urea groups is 1. The molecule has 1 aromatic heterocycles. The second kappa shape index (κ2) is 5.77. The van der Waals surface area contributed by atoms with Crippen molar-refractivity contribution in [2.24, 2.45) is 0 Å². The Balaban J connectivity index is 3.05. The van der Waals surface area contributed by atoms with Crippen molar-refractivity contribution in [1.82, 2.24) is 20.4 Å². The monoisotopic (exact) mass is 285 g/mol. The summed E-state index contributed by atoms with van der Waals surface area (Å²) >= 11 is 0. The van der Waals surface area contributed by atoms with Gasteiger partial charge in [-0.2, -0.15) is 5.10 Å². The fourth-order valence-electron chi connectivity index (χ4n) is 1.27. The van der Waals surface area contributed by atoms with Crippen LogP contribution in [0.3, 0.4) is 0 Å². The third-order valence-electron chi connectivity index (χ3n) is 2.35. The van der Waals surface area contributed by atoms with Gasteiger partial charge in [0.2, 0.25) is 5.69 Å². The first kappa shape index (κ1) is 15.1. The first-order valence-electron chi connectivity index (χ1n) is 5.27. The van der Waals surface area contributed by atoms with E-state index in [9.17, 15) is 24.5 Å². The van der Waals surface area contributed by atoms with Gasteiger partial charge in [0.25, 0.3) is 5.91 Å². The van der Waals surface area contributed by atoms with Gasteiger partial charge in [0, 0.05) is 7.05 Å². The fourth-order valence-corrected chi connectivity index (χ4v) is 1.27. The van der Waals surface area contributed by atoms with E-state index in [1.807, 2.05) is 5.32 Å². The molecule has 1 heterocycles. The van der Waals surface area contributed by atoms with Gasteiger partial charge in [0.15, 0.2) is 0 Å². The van der Waals surface area contributed by atoms with Crippen LogP contribution in [-0.4, -0.2) is 44.8 Å². The minimum atomic E-state index is -1.59. The van der Waals surface area contributed by atoms with Gasteiger partial charge in [0.05, 0.1) is 4.92 Å². The van der Waals surface area contributed by atoms with Crippen LogP contribution in [0.1, 0.15) is 23.5 Å². The molecule has 1 aromatic rings. The maximum absolute atomic E-state index is 11.6. The average molecular weight is 285 g/mol. The lowest BCUT2D eigenvalue weighted by Gasteiger charge is -2.10. The van der Waals surface area contributed by atoms with Gasteiger partial charge < -0.3 is 10.4 Å². The topological polar surface area (TPSA) is 156 Å². The number of nitrogens with zero attached hydrogens (tertiary/aromatic N) is 3. The second-order valence-electron chi connectivity index (χ2n) is 3.65. The van der Waals surface area contributed by atoms with Gasteiger partial charge in [-0.05, 0) is 6.92 Å². The predicted octanol–water partition coefficient (Wildman–Crippen LogP) is -0.494. The van der Waals surface area contributed by atoms with Crippen LogP contribution in [0.5, 0.6) is 0 Å². The maximum atomic E-state index is 11.6. The van der Waals surface area contributed by atoms with Crippen molar-refractivity contribution in [3.05, 3.63) is 22.0 Å². The molecule has 0 saturated carbocycles. The number of hydrogen-bond donors (Lipinski definition) is 3. The van der Waals surface area contributed by atoms with E-state index in [2.05, 4.69) is 10.4 Å². The molecule has 1 unspecified atom stereocenters. The molecule has 0 aliphatic rings. The molecule has 108 valence electrons. The first-order valence-corrected chi connectivity index (χ1v) is 5.27. The second-order valence-corrected chi connectivity index (χ2v) is 3.65. The molecule has 3 amide bonds. The van der Waals surface area contributed by atoms with Gasteiger partial charge in [0.1, 0.15) is 12.2 Å². The Labute approximate surface area is 111 Å². The van der Waals surface area contributed by atoms with Crippen LogP contribution in [-0.2, 0) is 4.79 Å². The van der Waals surface area contributed by atoms with E-state index in [-0.39, 0.29) is 0 Å². The highest BCUT2D eigenvalue weighted by Crippen LogP contribution is 2.19. The number of aromatic carboxylic acids is 1. The molecule has 11 nitrogen and oxygen atoms in total. The molecule has 0 radical (unpaired) electrons. The van der Waals surface area contributed by atoms with Gasteiger partial charge in [-0.3, -0.25) is 24.9 Å². The van der Waals surface area contributed by atoms with Gasteiger partial charge in [-0.1, -0.05) is 0 Å². The summed E-state index contributed by atoms with van der Waals surface area (Å²) in [6.45, 7) is 1.31. The predicted molar refractivity (Wildman–Crippen MR) is 63.2 cm³/mol. The van der Waals surface area contributed by atoms with E-state index >= 15 is 0 Å². The van der Waals surface area contributed by atoms with Crippen molar-refractivity contribution in [3.8, 4) is 0 Å². The molecule has 11 heteroatoms. The van der Waals surface area contributed by atoms with Crippen LogP contribution in [0.2, 0.25) is 0 Å². The lowest BCUT2D eigenvalue weighted by Crippen LogP contribution is -2.41. The fraction of sp³-hybridized carbons (Fsp3) is 0.333. The SMILES string of the molecule is CNC(=O)NC(=O)C(C)n1cc([N+](=O)[O-])c(C(=O)O)n1. The van der Waals surface area contributed by atoms with Gasteiger partial charge in [-0.15, -0.1) is 0 Å². The van der Waals surface area contributed by atoms with Crippen LogP contribution in [0.4, 0.5) is 10.5 Å². The molecule has 0 bridgehead atoms. The highest BCUT2D eigenvalue weighted by Gasteiger charge is 2.28. The summed E-state index contributed by atoms with van der Waals surface area (Å²) in [5, 5.41) is 27.0. The number of nitrogens with one attached hydrogen (secondary N) is 2. The van der Waals surface area contributed by atoms with Crippen molar-refractivity contribution in [1.29, 1.82) is 0 Å². The summed E-state index contributed by atoms with van der Waals surface area (Å²) in [6, 6.07) is -1.86. The van der Waals surface area contributed by atoms with Crippen LogP contribution in [0, 0.1) is 10.1 Å². The van der Waals surface area contributed by atoms with Crippen molar-refractivity contribution in [2.75, 3.05) is 7.05 Å². The first-order chi connectivity index (χ1) is 9.27. The van der Waals surface area contributed by atoms with Crippen LogP contribution in [0.15, 0.2) is 6.20 Å². The summed E-state index contributed by atoms with van der Waals surface area (Å²) in [5.41, 5.74) is -1.52. The number of hydrogen-bond acceptors (Lipinski definition) is 6. The number of rotatable bonds is 4. The third-order valence-corrected chi connectivity index (χ3v) is 2.35. The minimum Gasteiger partial charge on any atom is -0.476 e. The lowest BCUT2D eigenvalue weighted by atomic mass is 10.3. The van der Waals surface area contributed by atoms with E-state index < -0.39 is 40.3 Å². The number of carbonyl (C=O) groups is 3. The zero-order valence-corrected chi connectivity index (χ0v) is 10.5. The molecule has 0 aliphatic heterocycles. The van der Waals surface area contributed by atoms with Crippen molar-refractivity contribution in [2.45, 2.75) is 13.0 Å². The zero-order valence-electron chi connectivity index (χ0n) is 10.5. The summed E-state index contributed by atoms with van der Waals surface area (Å²) in [5.74, 6) is -2.38. The van der Waals surface area contributed by atoms with Crippen molar-refractivity contribution >= 4 is 23.6 Å². The Morgan fingerprint density at radius 3 is 2.50 bits per heavy atom. The van der Waals surface area contributed by atoms with E-state index in [4.69, 9.17) is 5.11 Å². The Kier molecular flexibility index (Phi) is 4.35. The Morgan fingerprint density at radius 1 is 1.50 bits per heavy atom. The molecular weight excluding hydrogens is 274 g/mol. The number of nitro groups is 1. The molecule has 1 rings (SSSR count). The molecule has 0 spiro atoms. The molecule has 0 aromatic carbocycles. The smallest absolute Gasteiger partial charge is 0.363 e. The van der Waals surface area contributed by atoms with Crippen LogP contribution < -0.4 is 10.6 Å². The molecule has 1 atom stereocenters. The molecule has 0 aliphatic carbocycles. The third kappa shape index (κ3) is 3.07. The van der Waals surface area contributed by atoms with E-state index in [0.29, 0.717) is 0 Å². The van der Waals surface area contributed by atoms with E-state index in [1.165, 1.54) is 14.0 Å². The van der Waals surface area contributed by atoms with Crippen molar-refractivity contribution < 1.29 is 24.4 Å². The Bertz CT molecular complexity index is 548. The van der Waals surface area contributed by atoms with Crippen LogP contribution in [0.25, 0.3) is 0 Å². The summed E-state index contributed by atoms with van der Waals surface area (Å²) in [7, 11) is 1.30. The van der Waals surface area contributed by atoms with Crippen LogP contribution >= 0.6 is 0 Å². The molecule has 3 N–H and O–H groups in total. The number of imide groups is 1. The molecule has 0 saturated heterocycles. The number of amides is 3. The Morgan fingerprint density at radius 2 is 2.10 bits per heavy atom. The highest BCUT2D eigenvalue weighted by molar-refractivity contribution is 5.96.